The minimum Gasteiger partial charge on any atom is -0.481 e. The number of carboxylic acid groups (broad SMARTS) is 1. The van der Waals surface area contributed by atoms with Crippen molar-refractivity contribution in [3.8, 4) is 11.1 Å². The molecule has 2 aliphatic carbocycles. The van der Waals surface area contributed by atoms with Crippen LogP contribution in [0, 0.1) is 17.3 Å². The van der Waals surface area contributed by atoms with Crippen molar-refractivity contribution < 1.29 is 24.2 Å². The predicted octanol–water partition coefficient (Wildman–Crippen LogP) is 4.26. The fraction of sp³-hybridized carbons (Fsp3) is 0.464. The number of nitrogens with zero attached hydrogens (tertiary/aromatic N) is 1. The molecule has 4 unspecified atom stereocenters. The van der Waals surface area contributed by atoms with E-state index in [2.05, 4.69) is 29.6 Å². The number of carbonyl (C=O) groups excluding carboxylic acids is 2. The van der Waals surface area contributed by atoms with Crippen LogP contribution in [-0.4, -0.2) is 53.7 Å². The standard InChI is InChI=1S/C28H32N2O5/c1-3-17(2)12-24(25(31)30-14-18-13-28(18,16-30)26(32)33)29-27(34)35-15-23-21-10-6-4-8-19(21)20-9-5-7-11-22(20)23/h4-11,17-18,23-24H,3,12-16H2,1-2H3,(H,29,34)(H,32,33). The number of carboxylic acids is 1. The van der Waals surface area contributed by atoms with E-state index in [1.54, 1.807) is 4.90 Å². The third-order valence-electron chi connectivity index (χ3n) is 8.15. The Morgan fingerprint density at radius 3 is 2.31 bits per heavy atom. The van der Waals surface area contributed by atoms with Gasteiger partial charge in [0.2, 0.25) is 5.91 Å². The molecule has 1 saturated heterocycles. The first kappa shape index (κ1) is 23.4. The summed E-state index contributed by atoms with van der Waals surface area (Å²) in [7, 11) is 0. The van der Waals surface area contributed by atoms with E-state index < -0.39 is 23.5 Å². The Morgan fingerprint density at radius 1 is 1.11 bits per heavy atom. The molecule has 35 heavy (non-hydrogen) atoms. The zero-order chi connectivity index (χ0) is 24.7. The molecule has 1 aliphatic heterocycles. The molecule has 1 saturated carbocycles. The minimum absolute atomic E-state index is 0.0163. The summed E-state index contributed by atoms with van der Waals surface area (Å²) in [5, 5.41) is 12.4. The number of fused-ring (bicyclic) bond motifs is 4. The van der Waals surface area contributed by atoms with Crippen molar-refractivity contribution in [2.45, 2.75) is 45.1 Å². The molecule has 2 aromatic carbocycles. The van der Waals surface area contributed by atoms with E-state index in [1.165, 1.54) is 0 Å². The number of amides is 2. The maximum atomic E-state index is 13.3. The van der Waals surface area contributed by atoms with Crippen LogP contribution >= 0.6 is 0 Å². The number of nitrogens with one attached hydrogen (secondary N) is 1. The van der Waals surface area contributed by atoms with E-state index in [9.17, 15) is 19.5 Å². The summed E-state index contributed by atoms with van der Waals surface area (Å²) in [5.74, 6) is -0.864. The van der Waals surface area contributed by atoms with Crippen LogP contribution in [0.1, 0.15) is 50.2 Å². The zero-order valence-electron chi connectivity index (χ0n) is 20.2. The molecular weight excluding hydrogens is 444 g/mol. The van der Waals surface area contributed by atoms with Crippen LogP contribution in [0.4, 0.5) is 4.79 Å². The lowest BCUT2D eigenvalue weighted by Gasteiger charge is -2.27. The lowest BCUT2D eigenvalue weighted by Crippen LogP contribution is -2.50. The molecule has 0 radical (unpaired) electrons. The molecule has 4 atom stereocenters. The van der Waals surface area contributed by atoms with Gasteiger partial charge in [-0.3, -0.25) is 9.59 Å². The molecule has 1 heterocycles. The molecule has 7 heteroatoms. The molecule has 7 nitrogen and oxygen atoms in total. The van der Waals surface area contributed by atoms with Crippen molar-refractivity contribution >= 4 is 18.0 Å². The van der Waals surface area contributed by atoms with Crippen LogP contribution in [0.15, 0.2) is 48.5 Å². The van der Waals surface area contributed by atoms with E-state index in [0.717, 1.165) is 28.7 Å². The molecule has 184 valence electrons. The lowest BCUT2D eigenvalue weighted by atomic mass is 9.98. The van der Waals surface area contributed by atoms with Gasteiger partial charge in [-0.25, -0.2) is 4.79 Å². The number of aliphatic carboxylic acids is 1. The molecule has 2 N–H and O–H groups in total. The van der Waals surface area contributed by atoms with Gasteiger partial charge >= 0.3 is 12.1 Å². The third-order valence-corrected chi connectivity index (χ3v) is 8.15. The quantitative estimate of drug-likeness (QED) is 0.593. The average molecular weight is 477 g/mol. The topological polar surface area (TPSA) is 95.9 Å². The van der Waals surface area contributed by atoms with Crippen molar-refractivity contribution in [2.75, 3.05) is 19.7 Å². The first-order valence-corrected chi connectivity index (χ1v) is 12.5. The summed E-state index contributed by atoms with van der Waals surface area (Å²) in [6.07, 6.45) is 1.37. The Balaban J connectivity index is 1.25. The van der Waals surface area contributed by atoms with Crippen molar-refractivity contribution in [1.82, 2.24) is 10.2 Å². The highest BCUT2D eigenvalue weighted by molar-refractivity contribution is 5.88. The smallest absolute Gasteiger partial charge is 0.407 e. The van der Waals surface area contributed by atoms with Crippen LogP contribution in [0.3, 0.4) is 0 Å². The molecule has 0 aromatic heterocycles. The number of rotatable bonds is 8. The van der Waals surface area contributed by atoms with Crippen LogP contribution in [0.5, 0.6) is 0 Å². The fourth-order valence-electron chi connectivity index (χ4n) is 5.78. The number of benzene rings is 2. The first-order valence-electron chi connectivity index (χ1n) is 12.5. The highest BCUT2D eigenvalue weighted by Crippen LogP contribution is 2.58. The van der Waals surface area contributed by atoms with Gasteiger partial charge in [-0.15, -0.1) is 0 Å². The molecule has 0 spiro atoms. The van der Waals surface area contributed by atoms with Gasteiger partial charge < -0.3 is 20.1 Å². The van der Waals surface area contributed by atoms with E-state index in [-0.39, 0.29) is 36.8 Å². The van der Waals surface area contributed by atoms with Crippen molar-refractivity contribution in [2.24, 2.45) is 17.3 Å². The van der Waals surface area contributed by atoms with Gasteiger partial charge in [0.25, 0.3) is 0 Å². The number of alkyl carbamates (subject to hydrolysis) is 1. The Morgan fingerprint density at radius 2 is 1.74 bits per heavy atom. The Bertz CT molecular complexity index is 1120. The van der Waals surface area contributed by atoms with E-state index in [4.69, 9.17) is 4.74 Å². The second kappa shape index (κ2) is 9.02. The van der Waals surface area contributed by atoms with Gasteiger partial charge in [-0.05, 0) is 46.9 Å². The van der Waals surface area contributed by atoms with Crippen molar-refractivity contribution in [1.29, 1.82) is 0 Å². The van der Waals surface area contributed by atoms with Crippen LogP contribution in [0.25, 0.3) is 11.1 Å². The molecule has 2 amide bonds. The second-order valence-electron chi connectivity index (χ2n) is 10.4. The van der Waals surface area contributed by atoms with Gasteiger partial charge in [-0.2, -0.15) is 0 Å². The predicted molar refractivity (Wildman–Crippen MR) is 131 cm³/mol. The van der Waals surface area contributed by atoms with Crippen LogP contribution in [-0.2, 0) is 14.3 Å². The summed E-state index contributed by atoms with van der Waals surface area (Å²) >= 11 is 0. The Hall–Kier alpha value is -3.35. The molecule has 2 aromatic rings. The minimum atomic E-state index is -0.833. The van der Waals surface area contributed by atoms with E-state index in [0.29, 0.717) is 19.4 Å². The largest absolute Gasteiger partial charge is 0.481 e. The summed E-state index contributed by atoms with van der Waals surface area (Å²) in [6.45, 7) is 4.92. The number of piperidine rings is 1. The molecule has 2 fully saturated rings. The molecule has 3 aliphatic rings. The second-order valence-corrected chi connectivity index (χ2v) is 10.4. The number of likely N-dealkylation sites (tertiary alicyclic amines) is 1. The van der Waals surface area contributed by atoms with Gasteiger partial charge in [0.15, 0.2) is 0 Å². The van der Waals surface area contributed by atoms with Crippen molar-refractivity contribution in [3.05, 3.63) is 59.7 Å². The summed E-state index contributed by atoms with van der Waals surface area (Å²) < 4.78 is 5.67. The monoisotopic (exact) mass is 476 g/mol. The third kappa shape index (κ3) is 4.17. The first-order chi connectivity index (χ1) is 16.8. The molecule has 0 bridgehead atoms. The van der Waals surface area contributed by atoms with Crippen LogP contribution in [0.2, 0.25) is 0 Å². The van der Waals surface area contributed by atoms with E-state index in [1.807, 2.05) is 38.1 Å². The van der Waals surface area contributed by atoms with Gasteiger partial charge in [0, 0.05) is 19.0 Å². The van der Waals surface area contributed by atoms with Gasteiger partial charge in [0.1, 0.15) is 12.6 Å². The summed E-state index contributed by atoms with van der Waals surface area (Å²) in [6, 6.07) is 15.6. The highest BCUT2D eigenvalue weighted by Gasteiger charge is 2.66. The highest BCUT2D eigenvalue weighted by atomic mass is 16.5. The number of hydrogen-bond donors (Lipinski definition) is 2. The Labute approximate surface area is 205 Å². The normalized spacial score (nSPS) is 23.6. The van der Waals surface area contributed by atoms with Gasteiger partial charge in [-0.1, -0.05) is 68.8 Å². The van der Waals surface area contributed by atoms with Crippen molar-refractivity contribution in [3.63, 3.8) is 0 Å². The molecular formula is C28H32N2O5. The summed E-state index contributed by atoms with van der Waals surface area (Å²) in [5.41, 5.74) is 3.78. The average Bonchev–Trinajstić information content (AvgIpc) is 3.29. The lowest BCUT2D eigenvalue weighted by molar-refractivity contribution is -0.144. The number of hydrogen-bond acceptors (Lipinski definition) is 4. The van der Waals surface area contributed by atoms with Gasteiger partial charge in [0.05, 0.1) is 5.41 Å². The maximum Gasteiger partial charge on any atom is 0.407 e. The Kier molecular flexibility index (Phi) is 6.03. The maximum absolute atomic E-state index is 13.3. The summed E-state index contributed by atoms with van der Waals surface area (Å²) in [4.78, 5) is 39.5. The number of ether oxygens (including phenoxy) is 1. The SMILES string of the molecule is CCC(C)CC(NC(=O)OCC1c2ccccc2-c2ccccc21)C(=O)N1CC2CC2(C(=O)O)C1. The molecule has 5 rings (SSSR count). The van der Waals surface area contributed by atoms with E-state index >= 15 is 0 Å². The van der Waals surface area contributed by atoms with Crippen LogP contribution < -0.4 is 5.32 Å². The zero-order valence-corrected chi connectivity index (χ0v) is 20.2. The number of carbonyl (C=O) groups is 3. The fourth-order valence-corrected chi connectivity index (χ4v) is 5.78.